The van der Waals surface area contributed by atoms with Crippen molar-refractivity contribution in [3.63, 3.8) is 0 Å². The second-order valence-corrected chi connectivity index (χ2v) is 7.76. The minimum atomic E-state index is 0.122. The zero-order valence-corrected chi connectivity index (χ0v) is 16.4. The van der Waals surface area contributed by atoms with E-state index in [1.807, 2.05) is 42.1 Å². The number of ether oxygens (including phenoxy) is 2. The average Bonchev–Trinajstić information content (AvgIpc) is 3.35. The van der Waals surface area contributed by atoms with Gasteiger partial charge in [-0.25, -0.2) is 0 Å². The van der Waals surface area contributed by atoms with Gasteiger partial charge in [0.15, 0.2) is 12.6 Å². The van der Waals surface area contributed by atoms with Gasteiger partial charge in [0.1, 0.15) is 11.4 Å². The Hall–Kier alpha value is -2.24. The van der Waals surface area contributed by atoms with Crippen LogP contribution in [-0.4, -0.2) is 31.1 Å². The number of benzene rings is 2. The highest BCUT2D eigenvalue weighted by atomic mass is 32.2. The molecule has 1 aromatic heterocycles. The molecule has 0 atom stereocenters. The van der Waals surface area contributed by atoms with Crippen LogP contribution in [0.5, 0.6) is 5.75 Å². The first-order valence-electron chi connectivity index (χ1n) is 9.04. The smallest absolute Gasteiger partial charge is 0.188 e. The van der Waals surface area contributed by atoms with Gasteiger partial charge in [-0.05, 0) is 48.9 Å². The SMILES string of the molecule is COCOc1ccc(-c2noc(C3(CSC)CC3)c2-c2ccccc2)cc1. The van der Waals surface area contributed by atoms with Crippen LogP contribution in [0.3, 0.4) is 0 Å². The molecule has 1 fully saturated rings. The molecule has 2 aromatic carbocycles. The first-order chi connectivity index (χ1) is 13.3. The fraction of sp³-hybridized carbons (Fsp3) is 0.318. The highest BCUT2D eigenvalue weighted by molar-refractivity contribution is 7.98. The van der Waals surface area contributed by atoms with Crippen LogP contribution in [0.15, 0.2) is 59.1 Å². The van der Waals surface area contributed by atoms with E-state index >= 15 is 0 Å². The molecule has 1 saturated carbocycles. The van der Waals surface area contributed by atoms with E-state index < -0.39 is 0 Å². The molecule has 0 unspecified atom stereocenters. The predicted molar refractivity (Wildman–Crippen MR) is 109 cm³/mol. The Morgan fingerprint density at radius 2 is 1.78 bits per heavy atom. The highest BCUT2D eigenvalue weighted by Crippen LogP contribution is 2.54. The average molecular weight is 381 g/mol. The summed E-state index contributed by atoms with van der Waals surface area (Å²) in [5.74, 6) is 2.86. The van der Waals surface area contributed by atoms with Gasteiger partial charge in [-0.15, -0.1) is 0 Å². The molecule has 1 heterocycles. The van der Waals surface area contributed by atoms with E-state index in [0.29, 0.717) is 0 Å². The normalized spacial score (nSPS) is 14.9. The van der Waals surface area contributed by atoms with E-state index in [1.54, 1.807) is 7.11 Å². The van der Waals surface area contributed by atoms with Crippen molar-refractivity contribution in [3.05, 3.63) is 60.4 Å². The molecular weight excluding hydrogens is 358 g/mol. The van der Waals surface area contributed by atoms with Gasteiger partial charge in [-0.1, -0.05) is 35.5 Å². The Labute approximate surface area is 163 Å². The topological polar surface area (TPSA) is 44.5 Å². The second kappa shape index (κ2) is 7.79. The summed E-state index contributed by atoms with van der Waals surface area (Å²) in [7, 11) is 1.61. The van der Waals surface area contributed by atoms with Gasteiger partial charge in [0.25, 0.3) is 0 Å². The molecular formula is C22H23NO3S. The predicted octanol–water partition coefficient (Wildman–Crippen LogP) is 5.39. The molecule has 0 bridgehead atoms. The molecule has 0 radical (unpaired) electrons. The summed E-state index contributed by atoms with van der Waals surface area (Å²) in [5.41, 5.74) is 4.30. The third-order valence-corrected chi connectivity index (χ3v) is 5.82. The lowest BCUT2D eigenvalue weighted by Crippen LogP contribution is -2.10. The van der Waals surface area contributed by atoms with Crippen LogP contribution >= 0.6 is 11.8 Å². The fourth-order valence-corrected chi connectivity index (χ4v) is 4.39. The largest absolute Gasteiger partial charge is 0.468 e. The lowest BCUT2D eigenvalue weighted by atomic mass is 9.93. The van der Waals surface area contributed by atoms with E-state index in [9.17, 15) is 0 Å². The molecule has 1 aliphatic rings. The Morgan fingerprint density at radius 1 is 1.04 bits per heavy atom. The Morgan fingerprint density at radius 3 is 2.41 bits per heavy atom. The maximum Gasteiger partial charge on any atom is 0.188 e. The molecule has 3 aromatic rings. The lowest BCUT2D eigenvalue weighted by Gasteiger charge is -2.13. The molecule has 0 spiro atoms. The number of methoxy groups -OCH3 is 1. The van der Waals surface area contributed by atoms with Gasteiger partial charge in [-0.3, -0.25) is 0 Å². The van der Waals surface area contributed by atoms with E-state index in [-0.39, 0.29) is 12.2 Å². The number of aromatic nitrogens is 1. The van der Waals surface area contributed by atoms with Gasteiger partial charge in [0.2, 0.25) is 0 Å². The van der Waals surface area contributed by atoms with Crippen molar-refractivity contribution in [1.82, 2.24) is 5.16 Å². The zero-order valence-electron chi connectivity index (χ0n) is 15.6. The molecule has 0 N–H and O–H groups in total. The summed E-state index contributed by atoms with van der Waals surface area (Å²) in [6, 6.07) is 18.3. The molecule has 5 heteroatoms. The number of nitrogens with zero attached hydrogens (tertiary/aromatic N) is 1. The Balaban J connectivity index is 1.76. The van der Waals surface area contributed by atoms with Gasteiger partial charge in [0, 0.05) is 23.8 Å². The van der Waals surface area contributed by atoms with Crippen LogP contribution in [0.25, 0.3) is 22.4 Å². The Bertz CT molecular complexity index is 886. The van der Waals surface area contributed by atoms with Crippen molar-refractivity contribution in [2.75, 3.05) is 25.9 Å². The fourth-order valence-electron chi connectivity index (χ4n) is 3.42. The van der Waals surface area contributed by atoms with Crippen LogP contribution < -0.4 is 4.74 Å². The molecule has 0 aliphatic heterocycles. The molecule has 1 aliphatic carbocycles. The van der Waals surface area contributed by atoms with Crippen molar-refractivity contribution in [2.45, 2.75) is 18.3 Å². The Kier molecular flexibility index (Phi) is 5.23. The maximum atomic E-state index is 5.97. The summed E-state index contributed by atoms with van der Waals surface area (Å²) in [4.78, 5) is 0. The second-order valence-electron chi connectivity index (χ2n) is 6.89. The molecule has 140 valence electrons. The van der Waals surface area contributed by atoms with Crippen molar-refractivity contribution in [2.24, 2.45) is 0 Å². The van der Waals surface area contributed by atoms with Crippen LogP contribution in [0.4, 0.5) is 0 Å². The van der Waals surface area contributed by atoms with Crippen molar-refractivity contribution < 1.29 is 14.0 Å². The number of rotatable bonds is 8. The zero-order chi connectivity index (χ0) is 18.7. The van der Waals surface area contributed by atoms with Gasteiger partial charge < -0.3 is 14.0 Å². The van der Waals surface area contributed by atoms with Gasteiger partial charge in [-0.2, -0.15) is 11.8 Å². The van der Waals surface area contributed by atoms with E-state index in [4.69, 9.17) is 14.0 Å². The van der Waals surface area contributed by atoms with E-state index in [1.165, 1.54) is 0 Å². The van der Waals surface area contributed by atoms with Gasteiger partial charge in [0.05, 0.1) is 5.56 Å². The minimum Gasteiger partial charge on any atom is -0.468 e. The number of hydrogen-bond acceptors (Lipinski definition) is 5. The van der Waals surface area contributed by atoms with Crippen LogP contribution in [0.2, 0.25) is 0 Å². The first-order valence-corrected chi connectivity index (χ1v) is 10.4. The summed E-state index contributed by atoms with van der Waals surface area (Å²) in [6.07, 6.45) is 4.47. The number of thioether (sulfide) groups is 1. The first kappa shape index (κ1) is 18.1. The van der Waals surface area contributed by atoms with Crippen molar-refractivity contribution >= 4 is 11.8 Å². The van der Waals surface area contributed by atoms with Crippen LogP contribution in [0, 0.1) is 0 Å². The molecule has 4 nitrogen and oxygen atoms in total. The summed E-state index contributed by atoms with van der Waals surface area (Å²) >= 11 is 1.87. The third kappa shape index (κ3) is 3.62. The molecule has 4 rings (SSSR count). The molecule has 0 saturated heterocycles. The quantitative estimate of drug-likeness (QED) is 0.490. The van der Waals surface area contributed by atoms with Crippen LogP contribution in [0.1, 0.15) is 18.6 Å². The number of hydrogen-bond donors (Lipinski definition) is 0. The van der Waals surface area contributed by atoms with Crippen LogP contribution in [-0.2, 0) is 10.2 Å². The molecule has 0 amide bonds. The minimum absolute atomic E-state index is 0.122. The van der Waals surface area contributed by atoms with E-state index in [0.717, 1.165) is 52.5 Å². The maximum absolute atomic E-state index is 5.97. The highest BCUT2D eigenvalue weighted by Gasteiger charge is 2.49. The summed E-state index contributed by atoms with van der Waals surface area (Å²) < 4.78 is 16.4. The van der Waals surface area contributed by atoms with Gasteiger partial charge >= 0.3 is 0 Å². The summed E-state index contributed by atoms with van der Waals surface area (Å²) in [6.45, 7) is 0.236. The monoisotopic (exact) mass is 381 g/mol. The van der Waals surface area contributed by atoms with E-state index in [2.05, 4.69) is 35.7 Å². The third-order valence-electron chi connectivity index (χ3n) is 4.98. The standard InChI is InChI=1S/C22H23NO3S/c1-24-15-25-18-10-8-17(9-11-18)20-19(16-6-4-3-5-7-16)21(26-23-20)22(12-13-22)14-27-2/h3-11H,12-15H2,1-2H3. The lowest BCUT2D eigenvalue weighted by molar-refractivity contribution is 0.0511. The summed E-state index contributed by atoms with van der Waals surface area (Å²) in [5, 5.41) is 4.49. The van der Waals surface area contributed by atoms with Crippen molar-refractivity contribution in [3.8, 4) is 28.1 Å². The van der Waals surface area contributed by atoms with Crippen molar-refractivity contribution in [1.29, 1.82) is 0 Å². The molecule has 27 heavy (non-hydrogen) atoms.